The van der Waals surface area contributed by atoms with E-state index in [9.17, 15) is 44.4 Å². The third-order valence-corrected chi connectivity index (χ3v) is 8.38. The van der Waals surface area contributed by atoms with Crippen molar-refractivity contribution in [2.45, 2.75) is 110 Å². The summed E-state index contributed by atoms with van der Waals surface area (Å²) in [5.41, 5.74) is 8.01. The number of ether oxygens (including phenoxy) is 1. The summed E-state index contributed by atoms with van der Waals surface area (Å²) in [6.45, 7) is 4.81. The Bertz CT molecular complexity index is 1320. The van der Waals surface area contributed by atoms with Gasteiger partial charge in [0.25, 0.3) is 5.91 Å². The van der Waals surface area contributed by atoms with E-state index in [1.165, 1.54) is 6.08 Å². The maximum absolute atomic E-state index is 12.6. The van der Waals surface area contributed by atoms with Crippen LogP contribution in [0.5, 0.6) is 0 Å². The molecule has 1 aliphatic rings. The molecule has 0 radical (unpaired) electrons. The van der Waals surface area contributed by atoms with Crippen molar-refractivity contribution in [2.24, 2.45) is 5.73 Å². The lowest BCUT2D eigenvalue weighted by molar-refractivity contribution is -0.165. The monoisotopic (exact) mass is 754 g/mol. The Labute approximate surface area is 310 Å². The van der Waals surface area contributed by atoms with Gasteiger partial charge in [-0.3, -0.25) is 44.4 Å². The Morgan fingerprint density at radius 1 is 0.736 bits per heavy atom. The largest absolute Gasteiger partial charge is 0.464 e. The molecule has 18 heteroatoms. The fraction of sp³-hybridized carbons (Fsp3) is 0.657. The number of amides is 5. The zero-order valence-corrected chi connectivity index (χ0v) is 31.0. The van der Waals surface area contributed by atoms with Crippen LogP contribution in [0.1, 0.15) is 91.4 Å². The number of hydroxylamine groups is 6. The van der Waals surface area contributed by atoms with Crippen LogP contribution in [0.3, 0.4) is 0 Å². The molecule has 0 aromatic carbocycles. The molecule has 1 rings (SSSR count). The molecule has 53 heavy (non-hydrogen) atoms. The summed E-state index contributed by atoms with van der Waals surface area (Å²) < 4.78 is 5.16. The number of hydrogen-bond donors (Lipinski definition) is 8. The van der Waals surface area contributed by atoms with Gasteiger partial charge < -0.3 is 31.3 Å². The van der Waals surface area contributed by atoms with Crippen molar-refractivity contribution in [3.63, 3.8) is 0 Å². The van der Waals surface area contributed by atoms with Gasteiger partial charge in [0, 0.05) is 58.2 Å². The number of aliphatic hydroxyl groups excluding tert-OH is 2. The maximum atomic E-state index is 12.6. The van der Waals surface area contributed by atoms with Gasteiger partial charge in [0.1, 0.15) is 18.1 Å². The van der Waals surface area contributed by atoms with Crippen molar-refractivity contribution < 1.29 is 59.3 Å². The average Bonchev–Trinajstić information content (AvgIpc) is 3.11. The van der Waals surface area contributed by atoms with E-state index < -0.39 is 53.6 Å². The van der Waals surface area contributed by atoms with Crippen LogP contribution >= 0.6 is 0 Å². The van der Waals surface area contributed by atoms with E-state index in [-0.39, 0.29) is 97.2 Å². The molecule has 0 aromatic rings. The highest BCUT2D eigenvalue weighted by Gasteiger charge is 2.33. The Hall–Kier alpha value is -4.20. The summed E-state index contributed by atoms with van der Waals surface area (Å²) in [6.07, 6.45) is 6.58. The zero-order valence-electron chi connectivity index (χ0n) is 31.0. The van der Waals surface area contributed by atoms with Crippen molar-refractivity contribution in [1.29, 1.82) is 0 Å². The molecule has 300 valence electrons. The molecule has 5 amide bonds. The van der Waals surface area contributed by atoms with E-state index >= 15 is 0 Å². The summed E-state index contributed by atoms with van der Waals surface area (Å²) >= 11 is 0. The van der Waals surface area contributed by atoms with E-state index in [0.717, 1.165) is 11.1 Å². The average molecular weight is 755 g/mol. The number of nitrogens with one attached hydrogen (secondary N) is 2. The topological polar surface area (TPSA) is 273 Å². The first-order chi connectivity index (χ1) is 25.1. The molecule has 1 fully saturated rings. The summed E-state index contributed by atoms with van der Waals surface area (Å²) in [6, 6.07) is -2.70. The van der Waals surface area contributed by atoms with Gasteiger partial charge in [0.15, 0.2) is 0 Å². The minimum Gasteiger partial charge on any atom is -0.464 e. The SMILES string of the molecule is C/C(=C\CC(=O)N(O)CCCC(N)C(=O)OCC/C(C)=C/C(=O)N(O)CCCC1NC(=O)C(CCCN(O)C(=O)C/C=C(\C)CCO)NC1=O)CCO. The number of rotatable bonds is 25. The summed E-state index contributed by atoms with van der Waals surface area (Å²) in [5, 5.41) is 54.7. The van der Waals surface area contributed by atoms with Gasteiger partial charge in [-0.15, -0.1) is 0 Å². The second-order valence-corrected chi connectivity index (χ2v) is 13.0. The van der Waals surface area contributed by atoms with Crippen LogP contribution < -0.4 is 16.4 Å². The van der Waals surface area contributed by atoms with Crippen LogP contribution in [0.4, 0.5) is 0 Å². The standard InChI is InChI=1S/C35H58N6O12/c1-24(14-20-42)10-12-30(44)39(50)17-4-7-27(36)35(49)53-22-16-26(3)23-32(46)41(52)19-6-9-29-34(48)37-28(33(47)38-29)8-5-18-40(51)31(45)13-11-25(2)15-21-43/h10-11,23,27-29,42-43,50-52H,4-9,12-22,36H2,1-3H3,(H,37,48)(H,38,47)/b24-10+,25-11+,26-23+. The van der Waals surface area contributed by atoms with Gasteiger partial charge >= 0.3 is 5.97 Å². The fourth-order valence-corrected chi connectivity index (χ4v) is 4.98. The van der Waals surface area contributed by atoms with E-state index in [4.69, 9.17) is 20.7 Å². The third-order valence-electron chi connectivity index (χ3n) is 8.38. The molecule has 0 saturated carbocycles. The lowest BCUT2D eigenvalue weighted by Crippen LogP contribution is -2.61. The van der Waals surface area contributed by atoms with Crippen molar-refractivity contribution in [1.82, 2.24) is 25.8 Å². The lowest BCUT2D eigenvalue weighted by Gasteiger charge is -2.30. The van der Waals surface area contributed by atoms with Crippen LogP contribution in [-0.2, 0) is 33.5 Å². The second-order valence-electron chi connectivity index (χ2n) is 13.0. The van der Waals surface area contributed by atoms with Crippen LogP contribution in [0.2, 0.25) is 0 Å². The minimum absolute atomic E-state index is 0.0206. The Morgan fingerprint density at radius 3 is 1.66 bits per heavy atom. The van der Waals surface area contributed by atoms with Crippen LogP contribution in [-0.4, -0.2) is 134 Å². The van der Waals surface area contributed by atoms with Gasteiger partial charge in [-0.1, -0.05) is 28.9 Å². The molecule has 3 atom stereocenters. The molecule has 1 heterocycles. The van der Waals surface area contributed by atoms with Crippen LogP contribution in [0.15, 0.2) is 34.9 Å². The first kappa shape index (κ1) is 46.8. The first-order valence-corrected chi connectivity index (χ1v) is 17.8. The first-order valence-electron chi connectivity index (χ1n) is 17.8. The predicted octanol–water partition coefficient (Wildman–Crippen LogP) is 0.608. The summed E-state index contributed by atoms with van der Waals surface area (Å²) in [4.78, 5) is 73.8. The Morgan fingerprint density at radius 2 is 1.19 bits per heavy atom. The third kappa shape index (κ3) is 19.4. The van der Waals surface area contributed by atoms with E-state index in [1.54, 1.807) is 32.9 Å². The number of piperazine rings is 1. The number of carbonyl (C=O) groups excluding carboxylic acids is 6. The van der Waals surface area contributed by atoms with Crippen molar-refractivity contribution in [2.75, 3.05) is 39.5 Å². The van der Waals surface area contributed by atoms with Crippen molar-refractivity contribution in [3.8, 4) is 0 Å². The highest BCUT2D eigenvalue weighted by Crippen LogP contribution is 2.11. The van der Waals surface area contributed by atoms with Crippen molar-refractivity contribution in [3.05, 3.63) is 34.9 Å². The summed E-state index contributed by atoms with van der Waals surface area (Å²) in [5.74, 6) is -3.33. The fourth-order valence-electron chi connectivity index (χ4n) is 4.98. The summed E-state index contributed by atoms with van der Waals surface area (Å²) in [7, 11) is 0. The lowest BCUT2D eigenvalue weighted by atomic mass is 10.0. The molecule has 18 nitrogen and oxygen atoms in total. The molecule has 9 N–H and O–H groups in total. The highest BCUT2D eigenvalue weighted by atomic mass is 16.5. The molecule has 0 aliphatic carbocycles. The highest BCUT2D eigenvalue weighted by molar-refractivity contribution is 5.96. The van der Waals surface area contributed by atoms with Gasteiger partial charge in [-0.2, -0.15) is 0 Å². The Kier molecular flexibility index (Phi) is 22.7. The second kappa shape index (κ2) is 25.7. The molecular weight excluding hydrogens is 696 g/mol. The minimum atomic E-state index is -0.985. The van der Waals surface area contributed by atoms with Gasteiger partial charge in [-0.05, 0) is 72.1 Å². The zero-order chi connectivity index (χ0) is 39.9. The normalized spacial score (nSPS) is 17.1. The molecule has 0 spiro atoms. The molecule has 1 aliphatic heterocycles. The smallest absolute Gasteiger partial charge is 0.322 e. The number of carbonyl (C=O) groups is 6. The number of hydrogen-bond acceptors (Lipinski definition) is 13. The maximum Gasteiger partial charge on any atom is 0.322 e. The molecule has 0 bridgehead atoms. The molecule has 0 aromatic heterocycles. The van der Waals surface area contributed by atoms with Crippen LogP contribution in [0.25, 0.3) is 0 Å². The molecule has 3 unspecified atom stereocenters. The predicted molar refractivity (Wildman–Crippen MR) is 190 cm³/mol. The number of esters is 1. The quantitative estimate of drug-likeness (QED) is 0.0209. The van der Waals surface area contributed by atoms with Crippen molar-refractivity contribution >= 4 is 35.5 Å². The number of aliphatic hydroxyl groups is 2. The number of nitrogens with two attached hydrogens (primary N) is 1. The van der Waals surface area contributed by atoms with E-state index in [2.05, 4.69) is 10.6 Å². The van der Waals surface area contributed by atoms with Gasteiger partial charge in [-0.25, -0.2) is 15.2 Å². The van der Waals surface area contributed by atoms with Gasteiger partial charge in [0.05, 0.1) is 6.61 Å². The van der Waals surface area contributed by atoms with Gasteiger partial charge in [0.2, 0.25) is 23.6 Å². The van der Waals surface area contributed by atoms with E-state index in [0.29, 0.717) is 33.6 Å². The van der Waals surface area contributed by atoms with E-state index in [1.807, 2.05) is 0 Å². The molecular formula is C35H58N6O12. The number of nitrogens with zero attached hydrogens (tertiary/aromatic N) is 3. The van der Waals surface area contributed by atoms with Crippen LogP contribution in [0, 0.1) is 0 Å². The molecule has 1 saturated heterocycles. The Balaban J connectivity index is 2.33.